The van der Waals surface area contributed by atoms with Crippen molar-refractivity contribution in [2.75, 3.05) is 49.5 Å². The highest BCUT2D eigenvalue weighted by Gasteiger charge is 2.70. The maximum Gasteiger partial charge on any atom is 0.263 e. The monoisotopic (exact) mass is 625 g/mol. The molecule has 1 atom stereocenters. The van der Waals surface area contributed by atoms with Gasteiger partial charge in [0.15, 0.2) is 5.78 Å². The lowest BCUT2D eigenvalue weighted by Gasteiger charge is -2.68. The van der Waals surface area contributed by atoms with Crippen molar-refractivity contribution >= 4 is 40.2 Å². The minimum absolute atomic E-state index is 0.0289. The first-order valence-electron chi connectivity index (χ1n) is 16.9. The Kier molecular flexibility index (Phi) is 6.95. The molecule has 0 radical (unpaired) electrons. The number of pyridine rings is 2. The highest BCUT2D eigenvalue weighted by Crippen LogP contribution is 2.66. The Hall–Kier alpha value is -3.90. The summed E-state index contributed by atoms with van der Waals surface area (Å²) in [6.45, 7) is 8.68. The van der Waals surface area contributed by atoms with Gasteiger partial charge in [0.1, 0.15) is 11.5 Å². The van der Waals surface area contributed by atoms with Gasteiger partial charge in [-0.3, -0.25) is 23.9 Å². The quantitative estimate of drug-likeness (QED) is 0.376. The zero-order valence-corrected chi connectivity index (χ0v) is 26.8. The van der Waals surface area contributed by atoms with Crippen molar-refractivity contribution < 1.29 is 9.59 Å². The van der Waals surface area contributed by atoms with E-state index in [0.29, 0.717) is 34.9 Å². The summed E-state index contributed by atoms with van der Waals surface area (Å²) in [5.74, 6) is 1.10. The van der Waals surface area contributed by atoms with Crippen LogP contribution in [-0.4, -0.2) is 91.9 Å². The highest BCUT2D eigenvalue weighted by atomic mass is 16.2. The number of carbonyl (C=O) groups excluding carboxylic acids is 2. The number of hydrogen-bond acceptors (Lipinski definition) is 10. The van der Waals surface area contributed by atoms with Crippen LogP contribution in [0, 0.1) is 12.3 Å². The zero-order chi connectivity index (χ0) is 31.8. The Labute approximate surface area is 268 Å². The summed E-state index contributed by atoms with van der Waals surface area (Å²) in [4.78, 5) is 60.0. The fraction of sp³-hybridized carbons (Fsp3) is 0.588. The molecule has 0 aromatic carbocycles. The Morgan fingerprint density at radius 2 is 1.70 bits per heavy atom. The van der Waals surface area contributed by atoms with E-state index in [9.17, 15) is 14.4 Å². The van der Waals surface area contributed by atoms with Gasteiger partial charge in [-0.2, -0.15) is 4.98 Å². The fourth-order valence-electron chi connectivity index (χ4n) is 9.07. The number of Topliss-reactive ketones (excluding diaryl/α,β-unsaturated/α-hetero) is 1. The van der Waals surface area contributed by atoms with E-state index in [2.05, 4.69) is 36.1 Å². The molecule has 2 saturated heterocycles. The van der Waals surface area contributed by atoms with Gasteiger partial charge in [0, 0.05) is 68.5 Å². The number of nitrogens with two attached hydrogens (primary N) is 1. The van der Waals surface area contributed by atoms with Gasteiger partial charge >= 0.3 is 0 Å². The van der Waals surface area contributed by atoms with Gasteiger partial charge in [-0.05, 0) is 70.1 Å². The average molecular weight is 626 g/mol. The number of aryl methyl sites for hydroxylation is 1. The second-order valence-corrected chi connectivity index (χ2v) is 14.5. The summed E-state index contributed by atoms with van der Waals surface area (Å²) in [5.41, 5.74) is 8.26. The van der Waals surface area contributed by atoms with Crippen LogP contribution in [0.4, 0.5) is 17.5 Å². The number of aromatic nitrogens is 4. The molecule has 2 aliphatic heterocycles. The SMILES string of the molecule is CC(=O)c1c(C)c2cnc(Nc3ccc(N4CCN(C5CCN(C(=O)C67CC(N)(C6)C7)C5)CC4)cn3)nc2n(C2CCCC2)c1=O. The number of hydrogen-bond donors (Lipinski definition) is 2. The molecule has 4 aliphatic carbocycles. The summed E-state index contributed by atoms with van der Waals surface area (Å²) in [6.07, 6.45) is 11.2. The van der Waals surface area contributed by atoms with Crippen LogP contribution in [0.3, 0.4) is 0 Å². The number of ketones is 1. The molecular formula is C34H43N9O3. The maximum absolute atomic E-state index is 13.5. The summed E-state index contributed by atoms with van der Waals surface area (Å²) in [5, 5.41) is 3.94. The van der Waals surface area contributed by atoms with Gasteiger partial charge in [0.2, 0.25) is 11.9 Å². The predicted octanol–water partition coefficient (Wildman–Crippen LogP) is 3.16. The number of nitrogens with zero attached hydrogens (tertiary/aromatic N) is 7. The largest absolute Gasteiger partial charge is 0.368 e. The first-order chi connectivity index (χ1) is 22.1. The molecular weight excluding hydrogens is 582 g/mol. The van der Waals surface area contributed by atoms with Gasteiger partial charge in [-0.1, -0.05) is 12.8 Å². The molecule has 12 heteroatoms. The highest BCUT2D eigenvalue weighted by molar-refractivity contribution is 5.99. The summed E-state index contributed by atoms with van der Waals surface area (Å²) >= 11 is 0. The molecule has 9 rings (SSSR count). The molecule has 242 valence electrons. The number of fused-ring (bicyclic) bond motifs is 1. The number of likely N-dealkylation sites (tertiary alicyclic amines) is 1. The first-order valence-corrected chi connectivity index (χ1v) is 16.9. The summed E-state index contributed by atoms with van der Waals surface area (Å²) in [7, 11) is 0. The molecule has 1 amide bonds. The van der Waals surface area contributed by atoms with Crippen LogP contribution < -0.4 is 21.5 Å². The topological polar surface area (TPSA) is 143 Å². The van der Waals surface area contributed by atoms with Crippen LogP contribution in [0.5, 0.6) is 0 Å². The van der Waals surface area contributed by atoms with Crippen molar-refractivity contribution in [1.82, 2.24) is 29.3 Å². The van der Waals surface area contributed by atoms with Gasteiger partial charge in [0.25, 0.3) is 5.56 Å². The molecule has 6 fully saturated rings. The number of anilines is 3. The fourth-order valence-corrected chi connectivity index (χ4v) is 9.07. The summed E-state index contributed by atoms with van der Waals surface area (Å²) < 4.78 is 1.72. The van der Waals surface area contributed by atoms with Crippen molar-refractivity contribution in [2.24, 2.45) is 11.1 Å². The molecule has 4 saturated carbocycles. The number of rotatable bonds is 7. The lowest BCUT2D eigenvalue weighted by molar-refractivity contribution is -0.182. The molecule has 3 aromatic heterocycles. The van der Waals surface area contributed by atoms with E-state index in [1.807, 2.05) is 12.3 Å². The molecule has 1 unspecified atom stereocenters. The molecule has 6 aliphatic rings. The number of carbonyl (C=O) groups is 2. The molecule has 46 heavy (non-hydrogen) atoms. The zero-order valence-electron chi connectivity index (χ0n) is 26.8. The Bertz CT molecular complexity index is 1750. The lowest BCUT2D eigenvalue weighted by Crippen LogP contribution is -2.76. The van der Waals surface area contributed by atoms with Crippen molar-refractivity contribution in [3.05, 3.63) is 46.0 Å². The molecule has 2 bridgehead atoms. The van der Waals surface area contributed by atoms with E-state index >= 15 is 0 Å². The number of amides is 1. The van der Waals surface area contributed by atoms with Crippen molar-refractivity contribution in [3.63, 3.8) is 0 Å². The normalized spacial score (nSPS) is 27.9. The smallest absolute Gasteiger partial charge is 0.263 e. The van der Waals surface area contributed by atoms with Crippen molar-refractivity contribution in [1.29, 1.82) is 0 Å². The van der Waals surface area contributed by atoms with E-state index in [-0.39, 0.29) is 33.9 Å². The molecule has 3 aromatic rings. The van der Waals surface area contributed by atoms with Crippen molar-refractivity contribution in [3.8, 4) is 0 Å². The van der Waals surface area contributed by atoms with Gasteiger partial charge in [-0.15, -0.1) is 0 Å². The van der Waals surface area contributed by atoms with Crippen LogP contribution >= 0.6 is 0 Å². The third-order valence-electron chi connectivity index (χ3n) is 11.4. The van der Waals surface area contributed by atoms with E-state index in [0.717, 1.165) is 102 Å². The Morgan fingerprint density at radius 3 is 2.35 bits per heavy atom. The molecule has 0 spiro atoms. The van der Waals surface area contributed by atoms with E-state index in [1.165, 1.54) is 6.92 Å². The van der Waals surface area contributed by atoms with E-state index in [4.69, 9.17) is 10.7 Å². The third kappa shape index (κ3) is 4.79. The Balaban J connectivity index is 0.915. The molecule has 5 heterocycles. The first kappa shape index (κ1) is 29.5. The van der Waals surface area contributed by atoms with Gasteiger partial charge in [0.05, 0.1) is 22.9 Å². The number of nitrogens with one attached hydrogen (secondary N) is 1. The van der Waals surface area contributed by atoms with E-state index in [1.54, 1.807) is 17.7 Å². The third-order valence-corrected chi connectivity index (χ3v) is 11.4. The minimum atomic E-state index is -0.259. The van der Waals surface area contributed by atoms with Gasteiger partial charge < -0.3 is 20.9 Å². The van der Waals surface area contributed by atoms with Crippen LogP contribution in [0.1, 0.15) is 80.3 Å². The van der Waals surface area contributed by atoms with E-state index < -0.39 is 0 Å². The standard InChI is InChI=1S/C34H43N9O3/c1-21-26-16-37-32(39-29(26)43(23-5-3-4-6-23)30(45)28(21)22(2)44)38-27-8-7-24(15-36-27)40-11-13-41(14-12-40)25-9-10-42(17-25)31(46)33-18-34(35,19-33)20-33/h7-8,15-16,23,25H,3-6,9-14,17-20,35H2,1-2H3,(H,36,37,38,39). The second-order valence-electron chi connectivity index (χ2n) is 14.5. The lowest BCUT2D eigenvalue weighted by atomic mass is 9.39. The Morgan fingerprint density at radius 1 is 0.957 bits per heavy atom. The molecule has 12 nitrogen and oxygen atoms in total. The van der Waals surface area contributed by atoms with Crippen LogP contribution in [0.25, 0.3) is 11.0 Å². The van der Waals surface area contributed by atoms with Gasteiger partial charge in [-0.25, -0.2) is 9.97 Å². The maximum atomic E-state index is 13.5. The van der Waals surface area contributed by atoms with Crippen LogP contribution in [0.15, 0.2) is 29.3 Å². The summed E-state index contributed by atoms with van der Waals surface area (Å²) in [6, 6.07) is 4.45. The molecule has 3 N–H and O–H groups in total. The van der Waals surface area contributed by atoms with Crippen LogP contribution in [0.2, 0.25) is 0 Å². The van der Waals surface area contributed by atoms with Crippen LogP contribution in [-0.2, 0) is 4.79 Å². The van der Waals surface area contributed by atoms with Crippen molar-refractivity contribution in [2.45, 2.75) is 82.8 Å². The second kappa shape index (κ2) is 10.8. The average Bonchev–Trinajstić information content (AvgIpc) is 3.73. The number of piperazine rings is 1. The predicted molar refractivity (Wildman–Crippen MR) is 176 cm³/mol. The minimum Gasteiger partial charge on any atom is -0.368 e.